The fourth-order valence-electron chi connectivity index (χ4n) is 1.99. The van der Waals surface area contributed by atoms with Crippen molar-refractivity contribution in [2.75, 3.05) is 7.11 Å². The van der Waals surface area contributed by atoms with Crippen molar-refractivity contribution in [3.05, 3.63) is 71.9 Å². The predicted octanol–water partition coefficient (Wildman–Crippen LogP) is 3.00. The van der Waals surface area contributed by atoms with Crippen LogP contribution in [0.15, 0.2) is 70.9 Å². The molecule has 0 aliphatic rings. The van der Waals surface area contributed by atoms with Crippen LogP contribution < -0.4 is 4.74 Å². The highest BCUT2D eigenvalue weighted by molar-refractivity contribution is 5.82. The molecule has 2 aromatic carbocycles. The molecule has 0 aliphatic heterocycles. The Morgan fingerprint density at radius 3 is 2.21 bits per heavy atom. The molecule has 0 fully saturated rings. The van der Waals surface area contributed by atoms with Gasteiger partial charge in [-0.2, -0.15) is 15.2 Å². The molecule has 0 N–H and O–H groups in total. The number of aromatic nitrogens is 3. The standard InChI is InChI=1S/C18H15N5O/c1-24-18-16(13-20-19-12-14-8-4-2-5-9-14)22-23-17(21-18)15-10-6-3-7-11-15/h2-13H,1H3/b19-12+,20-13+. The Kier molecular flexibility index (Phi) is 4.99. The van der Waals surface area contributed by atoms with Gasteiger partial charge in [0.15, 0.2) is 11.5 Å². The minimum Gasteiger partial charge on any atom is -0.479 e. The Hall–Kier alpha value is -3.41. The second-order valence-electron chi connectivity index (χ2n) is 4.80. The molecule has 118 valence electrons. The van der Waals surface area contributed by atoms with E-state index in [4.69, 9.17) is 4.74 Å². The lowest BCUT2D eigenvalue weighted by Crippen LogP contribution is -2.02. The molecular formula is C18H15N5O. The van der Waals surface area contributed by atoms with Gasteiger partial charge in [0.05, 0.1) is 19.5 Å². The number of ether oxygens (including phenoxy) is 1. The predicted molar refractivity (Wildman–Crippen MR) is 93.4 cm³/mol. The molecule has 0 saturated carbocycles. The van der Waals surface area contributed by atoms with Gasteiger partial charge < -0.3 is 4.74 Å². The highest BCUT2D eigenvalue weighted by atomic mass is 16.5. The molecule has 0 bridgehead atoms. The summed E-state index contributed by atoms with van der Waals surface area (Å²) in [6.45, 7) is 0. The average molecular weight is 317 g/mol. The van der Waals surface area contributed by atoms with Gasteiger partial charge in [0.2, 0.25) is 5.88 Å². The van der Waals surface area contributed by atoms with Crippen molar-refractivity contribution in [3.8, 4) is 17.3 Å². The minimum atomic E-state index is 0.350. The first kappa shape index (κ1) is 15.5. The molecule has 1 aromatic heterocycles. The molecule has 3 rings (SSSR count). The van der Waals surface area contributed by atoms with Gasteiger partial charge in [-0.15, -0.1) is 10.2 Å². The first-order valence-corrected chi connectivity index (χ1v) is 7.32. The minimum absolute atomic E-state index is 0.350. The van der Waals surface area contributed by atoms with Gasteiger partial charge in [0.25, 0.3) is 0 Å². The summed E-state index contributed by atoms with van der Waals surface area (Å²) in [5, 5.41) is 16.2. The monoisotopic (exact) mass is 317 g/mol. The number of benzene rings is 2. The summed E-state index contributed by atoms with van der Waals surface area (Å²) < 4.78 is 5.27. The summed E-state index contributed by atoms with van der Waals surface area (Å²) in [5.74, 6) is 0.847. The Balaban J connectivity index is 1.78. The van der Waals surface area contributed by atoms with Crippen molar-refractivity contribution in [2.24, 2.45) is 10.2 Å². The molecule has 0 unspecified atom stereocenters. The van der Waals surface area contributed by atoms with Crippen LogP contribution >= 0.6 is 0 Å². The molecule has 0 saturated heterocycles. The SMILES string of the molecule is COc1nc(-c2ccccc2)nnc1/C=N/N=C/c1ccccc1. The zero-order valence-electron chi connectivity index (χ0n) is 13.1. The summed E-state index contributed by atoms with van der Waals surface area (Å²) in [5.41, 5.74) is 2.25. The van der Waals surface area contributed by atoms with Crippen LogP contribution in [0.25, 0.3) is 11.4 Å². The van der Waals surface area contributed by atoms with E-state index >= 15 is 0 Å². The third-order valence-corrected chi connectivity index (χ3v) is 3.16. The van der Waals surface area contributed by atoms with Crippen molar-refractivity contribution in [1.29, 1.82) is 0 Å². The Morgan fingerprint density at radius 2 is 1.50 bits per heavy atom. The second kappa shape index (κ2) is 7.73. The lowest BCUT2D eigenvalue weighted by atomic mass is 10.2. The lowest BCUT2D eigenvalue weighted by Gasteiger charge is -2.04. The zero-order chi connectivity index (χ0) is 16.6. The number of methoxy groups -OCH3 is 1. The Labute approximate surface area is 139 Å². The van der Waals surface area contributed by atoms with Gasteiger partial charge >= 0.3 is 0 Å². The van der Waals surface area contributed by atoms with Gasteiger partial charge in [-0.1, -0.05) is 60.7 Å². The Bertz CT molecular complexity index is 848. The summed E-state index contributed by atoms with van der Waals surface area (Å²) in [6, 6.07) is 19.3. The molecule has 0 amide bonds. The number of rotatable bonds is 5. The fraction of sp³-hybridized carbons (Fsp3) is 0.0556. The van der Waals surface area contributed by atoms with Gasteiger partial charge in [-0.3, -0.25) is 0 Å². The number of nitrogens with zero attached hydrogens (tertiary/aromatic N) is 5. The van der Waals surface area contributed by atoms with Crippen molar-refractivity contribution in [3.63, 3.8) is 0 Å². The van der Waals surface area contributed by atoms with Crippen LogP contribution in [-0.4, -0.2) is 34.7 Å². The maximum atomic E-state index is 5.27. The topological polar surface area (TPSA) is 72.6 Å². The first-order chi connectivity index (χ1) is 11.9. The smallest absolute Gasteiger partial charge is 0.245 e. The fourth-order valence-corrected chi connectivity index (χ4v) is 1.99. The van der Waals surface area contributed by atoms with E-state index in [9.17, 15) is 0 Å². The molecular weight excluding hydrogens is 302 g/mol. The number of hydrogen-bond donors (Lipinski definition) is 0. The van der Waals surface area contributed by atoms with Crippen LogP contribution in [0.4, 0.5) is 0 Å². The molecule has 3 aromatic rings. The normalized spacial score (nSPS) is 11.2. The van der Waals surface area contributed by atoms with Crippen molar-refractivity contribution < 1.29 is 4.74 Å². The van der Waals surface area contributed by atoms with Crippen molar-refractivity contribution in [2.45, 2.75) is 0 Å². The summed E-state index contributed by atoms with van der Waals surface area (Å²) in [4.78, 5) is 4.36. The van der Waals surface area contributed by atoms with E-state index in [-0.39, 0.29) is 0 Å². The summed E-state index contributed by atoms with van der Waals surface area (Å²) >= 11 is 0. The first-order valence-electron chi connectivity index (χ1n) is 7.32. The van der Waals surface area contributed by atoms with Gasteiger partial charge in [0.1, 0.15) is 0 Å². The van der Waals surface area contributed by atoms with Crippen molar-refractivity contribution >= 4 is 12.4 Å². The maximum absolute atomic E-state index is 5.27. The van der Waals surface area contributed by atoms with Crippen LogP contribution in [0.1, 0.15) is 11.3 Å². The molecule has 24 heavy (non-hydrogen) atoms. The molecule has 1 heterocycles. The molecule has 0 radical (unpaired) electrons. The van der Waals surface area contributed by atoms with E-state index in [1.807, 2.05) is 60.7 Å². The third-order valence-electron chi connectivity index (χ3n) is 3.16. The molecule has 0 aliphatic carbocycles. The van der Waals surface area contributed by atoms with Crippen LogP contribution in [0.2, 0.25) is 0 Å². The summed E-state index contributed by atoms with van der Waals surface area (Å²) in [6.07, 6.45) is 3.12. The van der Waals surface area contributed by atoms with E-state index in [0.717, 1.165) is 11.1 Å². The summed E-state index contributed by atoms with van der Waals surface area (Å²) in [7, 11) is 1.53. The number of hydrogen-bond acceptors (Lipinski definition) is 6. The van der Waals surface area contributed by atoms with Crippen LogP contribution in [-0.2, 0) is 0 Å². The van der Waals surface area contributed by atoms with Gasteiger partial charge in [0, 0.05) is 5.56 Å². The third kappa shape index (κ3) is 3.86. The van der Waals surface area contributed by atoms with Crippen LogP contribution in [0, 0.1) is 0 Å². The van der Waals surface area contributed by atoms with Crippen LogP contribution in [0.5, 0.6) is 5.88 Å². The van der Waals surface area contributed by atoms with E-state index in [1.54, 1.807) is 6.21 Å². The Morgan fingerprint density at radius 1 is 0.833 bits per heavy atom. The zero-order valence-corrected chi connectivity index (χ0v) is 13.1. The maximum Gasteiger partial charge on any atom is 0.245 e. The largest absolute Gasteiger partial charge is 0.479 e. The lowest BCUT2D eigenvalue weighted by molar-refractivity contribution is 0.393. The molecule has 0 atom stereocenters. The molecule has 6 nitrogen and oxygen atoms in total. The van der Waals surface area contributed by atoms with Crippen LogP contribution in [0.3, 0.4) is 0 Å². The quantitative estimate of drug-likeness (QED) is 0.535. The average Bonchev–Trinajstić information content (AvgIpc) is 2.67. The highest BCUT2D eigenvalue weighted by Crippen LogP contribution is 2.17. The second-order valence-corrected chi connectivity index (χ2v) is 4.80. The molecule has 0 spiro atoms. The van der Waals surface area contributed by atoms with Gasteiger partial charge in [-0.05, 0) is 5.56 Å². The molecule has 6 heteroatoms. The van der Waals surface area contributed by atoms with E-state index < -0.39 is 0 Å². The van der Waals surface area contributed by atoms with Gasteiger partial charge in [-0.25, -0.2) is 0 Å². The van der Waals surface area contributed by atoms with E-state index in [0.29, 0.717) is 17.4 Å². The van der Waals surface area contributed by atoms with E-state index in [1.165, 1.54) is 13.3 Å². The van der Waals surface area contributed by atoms with E-state index in [2.05, 4.69) is 25.4 Å². The van der Waals surface area contributed by atoms with Crippen molar-refractivity contribution in [1.82, 2.24) is 15.2 Å². The highest BCUT2D eigenvalue weighted by Gasteiger charge is 2.09.